The summed E-state index contributed by atoms with van der Waals surface area (Å²) in [4.78, 5) is 12.5. The Balaban J connectivity index is 1.21. The van der Waals surface area contributed by atoms with Crippen LogP contribution < -0.4 is 21.5 Å². The summed E-state index contributed by atoms with van der Waals surface area (Å²) in [5.74, 6) is -0.392. The number of alkyl halides is 3. The lowest BCUT2D eigenvalue weighted by molar-refractivity contribution is -0.137. The van der Waals surface area contributed by atoms with Crippen LogP contribution in [0.25, 0.3) is 0 Å². The van der Waals surface area contributed by atoms with E-state index in [4.69, 9.17) is 11.6 Å². The second kappa shape index (κ2) is 10.6. The molecule has 0 spiro atoms. The number of nitrogens with one attached hydrogen (secondary N) is 4. The highest BCUT2D eigenvalue weighted by atomic mass is 35.5. The van der Waals surface area contributed by atoms with E-state index in [0.717, 1.165) is 62.4 Å². The maximum Gasteiger partial charge on any atom is 0.416 e. The Morgan fingerprint density at radius 3 is 2.41 bits per heavy atom. The summed E-state index contributed by atoms with van der Waals surface area (Å²) in [5, 5.41) is 6.35. The third-order valence-electron chi connectivity index (χ3n) is 6.55. The molecule has 184 valence electrons. The van der Waals surface area contributed by atoms with Crippen LogP contribution in [0.1, 0.15) is 59.6 Å². The van der Waals surface area contributed by atoms with Crippen LogP contribution in [0.4, 0.5) is 17.6 Å². The zero-order chi connectivity index (χ0) is 24.3. The fraction of sp³-hybridized carbons (Fsp3) is 0.458. The molecule has 1 heterocycles. The highest BCUT2D eigenvalue weighted by Crippen LogP contribution is 2.32. The summed E-state index contributed by atoms with van der Waals surface area (Å²) in [6, 6.07) is 9.25. The number of rotatable bonds is 6. The molecular weight excluding hydrogens is 472 g/mol. The molecule has 4 rings (SSSR count). The normalized spacial score (nSPS) is 25.3. The van der Waals surface area contributed by atoms with Gasteiger partial charge in [-0.2, -0.15) is 13.2 Å². The van der Waals surface area contributed by atoms with Crippen molar-refractivity contribution in [2.24, 2.45) is 5.92 Å². The Morgan fingerprint density at radius 2 is 1.74 bits per heavy atom. The molecule has 2 atom stereocenters. The first-order valence-corrected chi connectivity index (χ1v) is 11.7. The van der Waals surface area contributed by atoms with Crippen LogP contribution in [0.2, 0.25) is 5.02 Å². The number of hydrogen-bond acceptors (Lipinski definition) is 4. The molecule has 1 aliphatic heterocycles. The van der Waals surface area contributed by atoms with Crippen molar-refractivity contribution in [3.8, 4) is 0 Å². The summed E-state index contributed by atoms with van der Waals surface area (Å²) in [6.45, 7) is 0.815. The highest BCUT2D eigenvalue weighted by Gasteiger charge is 2.32. The number of hydrazine groups is 1. The van der Waals surface area contributed by atoms with Crippen molar-refractivity contribution >= 4 is 17.5 Å². The largest absolute Gasteiger partial charge is 0.416 e. The molecule has 5 nitrogen and oxygen atoms in total. The van der Waals surface area contributed by atoms with Gasteiger partial charge in [0.25, 0.3) is 5.91 Å². The lowest BCUT2D eigenvalue weighted by atomic mass is 9.85. The lowest BCUT2D eigenvalue weighted by Gasteiger charge is -2.30. The molecule has 2 fully saturated rings. The average Bonchev–Trinajstić information content (AvgIpc) is 3.27. The topological polar surface area (TPSA) is 65.2 Å². The molecule has 0 aromatic heterocycles. The van der Waals surface area contributed by atoms with Crippen molar-refractivity contribution in [1.29, 1.82) is 0 Å². The molecular formula is C24H27ClF4N4O. The number of hydrogen-bond donors (Lipinski definition) is 4. The molecule has 1 saturated heterocycles. The van der Waals surface area contributed by atoms with Gasteiger partial charge in [-0.1, -0.05) is 23.7 Å². The van der Waals surface area contributed by atoms with Crippen LogP contribution in [0.15, 0.2) is 42.5 Å². The maximum absolute atomic E-state index is 13.1. The smallest absolute Gasteiger partial charge is 0.349 e. The van der Waals surface area contributed by atoms with Gasteiger partial charge in [0.2, 0.25) is 0 Å². The first-order chi connectivity index (χ1) is 16.2. The van der Waals surface area contributed by atoms with Gasteiger partial charge >= 0.3 is 6.18 Å². The number of carbonyl (C=O) groups excluding carboxylic acids is 1. The van der Waals surface area contributed by atoms with Crippen LogP contribution in [-0.2, 0) is 6.18 Å². The van der Waals surface area contributed by atoms with E-state index in [9.17, 15) is 22.4 Å². The minimum atomic E-state index is -4.53. The summed E-state index contributed by atoms with van der Waals surface area (Å²) >= 11 is 5.98. The molecule has 0 bridgehead atoms. The molecule has 10 heteroatoms. The Hall–Kier alpha value is -2.20. The monoisotopic (exact) mass is 498 g/mol. The highest BCUT2D eigenvalue weighted by molar-refractivity contribution is 6.33. The minimum Gasteiger partial charge on any atom is -0.349 e. The predicted molar refractivity (Wildman–Crippen MR) is 121 cm³/mol. The molecule has 1 saturated carbocycles. The molecule has 2 aromatic carbocycles. The van der Waals surface area contributed by atoms with Crippen molar-refractivity contribution in [3.05, 3.63) is 70.0 Å². The van der Waals surface area contributed by atoms with Crippen molar-refractivity contribution in [2.45, 2.75) is 56.5 Å². The predicted octanol–water partition coefficient (Wildman–Crippen LogP) is 4.94. The van der Waals surface area contributed by atoms with E-state index >= 15 is 0 Å². The van der Waals surface area contributed by atoms with E-state index in [2.05, 4.69) is 21.5 Å². The summed E-state index contributed by atoms with van der Waals surface area (Å²) in [6.07, 6.45) is -0.309. The van der Waals surface area contributed by atoms with Crippen LogP contribution >= 0.6 is 11.6 Å². The van der Waals surface area contributed by atoms with Crippen LogP contribution in [-0.4, -0.2) is 24.7 Å². The van der Waals surface area contributed by atoms with Crippen LogP contribution in [0.3, 0.4) is 0 Å². The summed E-state index contributed by atoms with van der Waals surface area (Å²) in [7, 11) is 0. The maximum atomic E-state index is 13.1. The first-order valence-electron chi connectivity index (χ1n) is 11.4. The Labute approximate surface area is 200 Å². The van der Waals surface area contributed by atoms with E-state index in [1.165, 1.54) is 12.1 Å². The Bertz CT molecular complexity index is 993. The van der Waals surface area contributed by atoms with Crippen LogP contribution in [0.5, 0.6) is 0 Å². The zero-order valence-corrected chi connectivity index (χ0v) is 19.1. The average molecular weight is 499 g/mol. The SMILES string of the molecule is O=C(NC1CCC(CNC2CC(c3ccc(F)cc3)NN2)CC1)c1cc(C(F)(F)F)ccc1Cl. The number of halogens is 5. The van der Waals surface area contributed by atoms with Gasteiger partial charge in [0, 0.05) is 12.1 Å². The van der Waals surface area contributed by atoms with Gasteiger partial charge in [0.05, 0.1) is 22.3 Å². The molecule has 0 radical (unpaired) electrons. The van der Waals surface area contributed by atoms with Gasteiger partial charge in [-0.3, -0.25) is 4.79 Å². The van der Waals surface area contributed by atoms with Crippen molar-refractivity contribution < 1.29 is 22.4 Å². The number of carbonyl (C=O) groups is 1. The molecule has 2 unspecified atom stereocenters. The summed E-state index contributed by atoms with van der Waals surface area (Å²) in [5.41, 5.74) is 6.43. The van der Waals surface area contributed by atoms with Crippen molar-refractivity contribution in [3.63, 3.8) is 0 Å². The fourth-order valence-corrected chi connectivity index (χ4v) is 4.77. The van der Waals surface area contributed by atoms with E-state index in [0.29, 0.717) is 5.92 Å². The van der Waals surface area contributed by atoms with E-state index in [-0.39, 0.29) is 34.7 Å². The third kappa shape index (κ3) is 6.27. The third-order valence-corrected chi connectivity index (χ3v) is 6.88. The van der Waals surface area contributed by atoms with Gasteiger partial charge in [-0.25, -0.2) is 15.2 Å². The molecule has 1 amide bonds. The van der Waals surface area contributed by atoms with Gasteiger partial charge in [-0.15, -0.1) is 0 Å². The molecule has 2 aromatic rings. The Morgan fingerprint density at radius 1 is 1.03 bits per heavy atom. The zero-order valence-electron chi connectivity index (χ0n) is 18.4. The van der Waals surface area contributed by atoms with Crippen molar-refractivity contribution in [1.82, 2.24) is 21.5 Å². The standard InChI is InChI=1S/C24H27ClF4N4O/c25-20-10-5-16(24(27,28)29)11-19(20)23(34)31-18-8-1-14(2-9-18)13-30-22-12-21(32-33-22)15-3-6-17(26)7-4-15/h3-7,10-11,14,18,21-22,30,32-33H,1-2,8-9,12-13H2,(H,31,34). The molecule has 1 aliphatic carbocycles. The van der Waals surface area contributed by atoms with Crippen molar-refractivity contribution in [2.75, 3.05) is 6.54 Å². The van der Waals surface area contributed by atoms with E-state index in [1.54, 1.807) is 12.1 Å². The minimum absolute atomic E-state index is 0.000000454. The van der Waals surface area contributed by atoms with Crippen LogP contribution in [0, 0.1) is 11.7 Å². The van der Waals surface area contributed by atoms with E-state index < -0.39 is 17.6 Å². The Kier molecular flexibility index (Phi) is 7.77. The van der Waals surface area contributed by atoms with Gasteiger partial charge in [0.15, 0.2) is 0 Å². The quantitative estimate of drug-likeness (QED) is 0.426. The second-order valence-electron chi connectivity index (χ2n) is 8.97. The van der Waals surface area contributed by atoms with Gasteiger partial charge in [0.1, 0.15) is 5.82 Å². The summed E-state index contributed by atoms with van der Waals surface area (Å²) < 4.78 is 52.0. The van der Waals surface area contributed by atoms with Gasteiger partial charge < -0.3 is 10.6 Å². The number of benzene rings is 2. The second-order valence-corrected chi connectivity index (χ2v) is 9.38. The molecule has 2 aliphatic rings. The molecule has 34 heavy (non-hydrogen) atoms. The number of amides is 1. The lowest BCUT2D eigenvalue weighted by Crippen LogP contribution is -2.44. The van der Waals surface area contributed by atoms with E-state index in [1.807, 2.05) is 0 Å². The van der Waals surface area contributed by atoms with Gasteiger partial charge in [-0.05, 0) is 80.5 Å². The molecule has 4 N–H and O–H groups in total. The fourth-order valence-electron chi connectivity index (χ4n) is 4.56. The first kappa shape index (κ1) is 24.9.